The molecule has 2 aromatic rings. The maximum absolute atomic E-state index is 5.41. The second-order valence-electron chi connectivity index (χ2n) is 2.67. The predicted octanol–water partition coefficient (Wildman–Crippen LogP) is 0.883. The Morgan fingerprint density at radius 2 is 2.14 bits per heavy atom. The van der Waals surface area contributed by atoms with Gasteiger partial charge in [-0.25, -0.2) is 9.67 Å². The van der Waals surface area contributed by atoms with Gasteiger partial charge in [-0.1, -0.05) is 0 Å². The summed E-state index contributed by atoms with van der Waals surface area (Å²) in [6.07, 6.45) is 6.79. The van der Waals surface area contributed by atoms with Crippen molar-refractivity contribution in [3.8, 4) is 5.82 Å². The highest BCUT2D eigenvalue weighted by Gasteiger charge is 2.00. The molecule has 14 heavy (non-hydrogen) atoms. The first-order chi connectivity index (χ1) is 6.79. The van der Waals surface area contributed by atoms with Crippen LogP contribution in [0.3, 0.4) is 0 Å². The topological polar surface area (TPSA) is 69.6 Å². The van der Waals surface area contributed by atoms with Gasteiger partial charge in [-0.05, 0) is 15.9 Å². The molecule has 2 rings (SSSR count). The first kappa shape index (κ1) is 9.29. The Bertz CT molecular complexity index is 422. The largest absolute Gasteiger partial charge is 0.325 e. The van der Waals surface area contributed by atoms with Crippen LogP contribution in [0.4, 0.5) is 0 Å². The highest BCUT2D eigenvalue weighted by atomic mass is 79.9. The highest BCUT2D eigenvalue weighted by molar-refractivity contribution is 9.10. The smallest absolute Gasteiger partial charge is 0.171 e. The maximum Gasteiger partial charge on any atom is 0.171 e. The van der Waals surface area contributed by atoms with Gasteiger partial charge in [0.25, 0.3) is 0 Å². The molecular weight excluding hydrogens is 246 g/mol. The minimum absolute atomic E-state index is 0.399. The van der Waals surface area contributed by atoms with E-state index >= 15 is 0 Å². The molecule has 2 aromatic heterocycles. The lowest BCUT2D eigenvalue weighted by molar-refractivity contribution is 0.825. The molecule has 72 valence electrons. The number of rotatable bonds is 2. The SMILES string of the molecule is NCc1cnc(-n2cc(Br)cn2)cn1. The van der Waals surface area contributed by atoms with Gasteiger partial charge in [0.1, 0.15) is 0 Å². The van der Waals surface area contributed by atoms with Crippen molar-refractivity contribution in [2.45, 2.75) is 6.54 Å². The molecule has 0 saturated carbocycles. The van der Waals surface area contributed by atoms with E-state index in [4.69, 9.17) is 5.73 Å². The van der Waals surface area contributed by atoms with Crippen LogP contribution in [0, 0.1) is 0 Å². The quantitative estimate of drug-likeness (QED) is 0.863. The number of hydrogen-bond donors (Lipinski definition) is 1. The van der Waals surface area contributed by atoms with Gasteiger partial charge in [0.15, 0.2) is 5.82 Å². The Morgan fingerprint density at radius 3 is 2.64 bits per heavy atom. The van der Waals surface area contributed by atoms with E-state index < -0.39 is 0 Å². The Hall–Kier alpha value is -1.27. The third-order valence-corrected chi connectivity index (χ3v) is 2.10. The van der Waals surface area contributed by atoms with Crippen LogP contribution in [0.1, 0.15) is 5.69 Å². The maximum atomic E-state index is 5.41. The Morgan fingerprint density at radius 1 is 1.29 bits per heavy atom. The molecule has 0 unspecified atom stereocenters. The summed E-state index contributed by atoms with van der Waals surface area (Å²) in [5.74, 6) is 0.674. The van der Waals surface area contributed by atoms with Crippen LogP contribution in [0.5, 0.6) is 0 Å². The van der Waals surface area contributed by atoms with Crippen molar-refractivity contribution in [1.82, 2.24) is 19.7 Å². The molecule has 0 radical (unpaired) electrons. The normalized spacial score (nSPS) is 10.4. The Labute approximate surface area is 89.1 Å². The second kappa shape index (κ2) is 3.85. The van der Waals surface area contributed by atoms with Gasteiger partial charge in [-0.15, -0.1) is 0 Å². The van der Waals surface area contributed by atoms with E-state index in [0.29, 0.717) is 12.4 Å². The van der Waals surface area contributed by atoms with Crippen molar-refractivity contribution < 1.29 is 0 Å². The predicted molar refractivity (Wildman–Crippen MR) is 54.7 cm³/mol. The molecule has 2 N–H and O–H groups in total. The first-order valence-electron chi connectivity index (χ1n) is 4.01. The van der Waals surface area contributed by atoms with Crippen LogP contribution in [-0.4, -0.2) is 19.7 Å². The highest BCUT2D eigenvalue weighted by Crippen LogP contribution is 2.09. The molecule has 2 heterocycles. The standard InChI is InChI=1S/C8H8BrN5/c9-6-2-13-14(5-6)8-4-11-7(1-10)3-12-8/h2-5H,1,10H2. The first-order valence-corrected chi connectivity index (χ1v) is 4.80. The molecule has 0 bridgehead atoms. The molecule has 0 aliphatic carbocycles. The van der Waals surface area contributed by atoms with Crippen molar-refractivity contribution in [2.75, 3.05) is 0 Å². The molecule has 0 amide bonds. The third kappa shape index (κ3) is 1.80. The lowest BCUT2D eigenvalue weighted by Gasteiger charge is -1.99. The number of halogens is 1. The summed E-state index contributed by atoms with van der Waals surface area (Å²) in [4.78, 5) is 8.29. The van der Waals surface area contributed by atoms with Crippen molar-refractivity contribution in [1.29, 1.82) is 0 Å². The molecule has 0 fully saturated rings. The molecule has 0 saturated heterocycles. The fourth-order valence-electron chi connectivity index (χ4n) is 0.998. The Kier molecular flexibility index (Phi) is 2.55. The van der Waals surface area contributed by atoms with Crippen LogP contribution >= 0.6 is 15.9 Å². The number of nitrogens with zero attached hydrogens (tertiary/aromatic N) is 4. The number of nitrogens with two attached hydrogens (primary N) is 1. The average molecular weight is 254 g/mol. The molecule has 0 spiro atoms. The summed E-state index contributed by atoms with van der Waals surface area (Å²) in [5.41, 5.74) is 6.17. The van der Waals surface area contributed by atoms with Gasteiger partial charge in [0, 0.05) is 12.7 Å². The van der Waals surface area contributed by atoms with Gasteiger partial charge in [0.05, 0.1) is 28.8 Å². The number of hydrogen-bond acceptors (Lipinski definition) is 4. The van der Waals surface area contributed by atoms with Gasteiger partial charge < -0.3 is 5.73 Å². The van der Waals surface area contributed by atoms with Gasteiger partial charge in [-0.2, -0.15) is 5.10 Å². The van der Waals surface area contributed by atoms with E-state index in [1.807, 2.05) is 6.20 Å². The summed E-state index contributed by atoms with van der Waals surface area (Å²) in [6.45, 7) is 0.399. The van der Waals surface area contributed by atoms with Crippen LogP contribution in [0.15, 0.2) is 29.3 Å². The summed E-state index contributed by atoms with van der Waals surface area (Å²) in [6, 6.07) is 0. The van der Waals surface area contributed by atoms with Crippen molar-refractivity contribution >= 4 is 15.9 Å². The zero-order chi connectivity index (χ0) is 9.97. The molecule has 0 aromatic carbocycles. The van der Waals surface area contributed by atoms with E-state index in [2.05, 4.69) is 31.0 Å². The van der Waals surface area contributed by atoms with Crippen LogP contribution in [-0.2, 0) is 6.54 Å². The van der Waals surface area contributed by atoms with E-state index in [9.17, 15) is 0 Å². The van der Waals surface area contributed by atoms with Gasteiger partial charge in [0.2, 0.25) is 0 Å². The van der Waals surface area contributed by atoms with Gasteiger partial charge >= 0.3 is 0 Å². The van der Waals surface area contributed by atoms with Crippen molar-refractivity contribution in [2.24, 2.45) is 5.73 Å². The summed E-state index contributed by atoms with van der Waals surface area (Å²) in [7, 11) is 0. The second-order valence-corrected chi connectivity index (χ2v) is 3.59. The van der Waals surface area contributed by atoms with Crippen molar-refractivity contribution in [3.05, 3.63) is 35.0 Å². The summed E-state index contributed by atoms with van der Waals surface area (Å²) < 4.78 is 2.54. The molecule has 5 nitrogen and oxygen atoms in total. The van der Waals surface area contributed by atoms with Crippen LogP contribution in [0.25, 0.3) is 5.82 Å². The fourth-order valence-corrected chi connectivity index (χ4v) is 1.28. The summed E-state index contributed by atoms with van der Waals surface area (Å²) in [5, 5.41) is 4.08. The van der Waals surface area contributed by atoms with Gasteiger partial charge in [-0.3, -0.25) is 4.98 Å². The lowest BCUT2D eigenvalue weighted by Crippen LogP contribution is -2.03. The van der Waals surface area contributed by atoms with E-state index in [-0.39, 0.29) is 0 Å². The van der Waals surface area contributed by atoms with Crippen LogP contribution < -0.4 is 5.73 Å². The molecular formula is C8H8BrN5. The molecule has 0 aliphatic heterocycles. The van der Waals surface area contributed by atoms with Crippen molar-refractivity contribution in [3.63, 3.8) is 0 Å². The van der Waals surface area contributed by atoms with E-state index in [1.54, 1.807) is 23.3 Å². The summed E-state index contributed by atoms with van der Waals surface area (Å²) >= 11 is 3.31. The minimum Gasteiger partial charge on any atom is -0.325 e. The Balaban J connectivity index is 2.33. The zero-order valence-electron chi connectivity index (χ0n) is 7.26. The zero-order valence-corrected chi connectivity index (χ0v) is 8.85. The lowest BCUT2D eigenvalue weighted by atomic mass is 10.4. The van der Waals surface area contributed by atoms with E-state index in [1.165, 1.54) is 0 Å². The number of aromatic nitrogens is 4. The molecule has 6 heteroatoms. The van der Waals surface area contributed by atoms with Crippen LogP contribution in [0.2, 0.25) is 0 Å². The molecule has 0 atom stereocenters. The van der Waals surface area contributed by atoms with E-state index in [0.717, 1.165) is 10.2 Å². The minimum atomic E-state index is 0.399. The fraction of sp³-hybridized carbons (Fsp3) is 0.125. The molecule has 0 aliphatic rings. The average Bonchev–Trinajstić information content (AvgIpc) is 2.65. The third-order valence-electron chi connectivity index (χ3n) is 1.69. The monoisotopic (exact) mass is 253 g/mol.